The molecule has 0 saturated carbocycles. The van der Waals surface area contributed by atoms with Crippen molar-refractivity contribution in [1.29, 1.82) is 0 Å². The van der Waals surface area contributed by atoms with Crippen molar-refractivity contribution in [3.05, 3.63) is 29.8 Å². The van der Waals surface area contributed by atoms with Gasteiger partial charge in [-0.3, -0.25) is 0 Å². The van der Waals surface area contributed by atoms with Gasteiger partial charge in [0, 0.05) is 16.3 Å². The van der Waals surface area contributed by atoms with Crippen molar-refractivity contribution in [2.75, 3.05) is 20.3 Å². The Balaban J connectivity index is 2.15. The molecule has 2 heterocycles. The highest BCUT2D eigenvalue weighted by atomic mass is 16.6. The van der Waals surface area contributed by atoms with Gasteiger partial charge in [0.05, 0.1) is 12.6 Å². The summed E-state index contributed by atoms with van der Waals surface area (Å²) >= 11 is 0. The van der Waals surface area contributed by atoms with Crippen molar-refractivity contribution in [3.63, 3.8) is 0 Å². The predicted octanol–water partition coefficient (Wildman–Crippen LogP) is 3.41. The number of aromatic nitrogens is 1. The van der Waals surface area contributed by atoms with Crippen molar-refractivity contribution in [2.24, 2.45) is 0 Å². The first-order valence-corrected chi connectivity index (χ1v) is 6.66. The zero-order chi connectivity index (χ0) is 13.7. The number of aryl methyl sites for hydroxylation is 1. The predicted molar refractivity (Wildman–Crippen MR) is 78.1 cm³/mol. The number of aromatic amines is 1. The molecule has 4 rings (SSSR count). The molecule has 0 spiro atoms. The number of methoxy groups -OCH3 is 1. The van der Waals surface area contributed by atoms with Crippen LogP contribution in [0.5, 0.6) is 17.2 Å². The molecule has 0 bridgehead atoms. The van der Waals surface area contributed by atoms with Crippen LogP contribution in [-0.2, 0) is 0 Å². The fraction of sp³-hybridized carbons (Fsp3) is 0.250. The topological polar surface area (TPSA) is 43.5 Å². The molecule has 0 fully saturated rings. The Hall–Kier alpha value is -2.36. The smallest absolute Gasteiger partial charge is 0.205 e. The van der Waals surface area contributed by atoms with E-state index in [0.29, 0.717) is 19.0 Å². The second-order valence-corrected chi connectivity index (χ2v) is 5.03. The van der Waals surface area contributed by atoms with Gasteiger partial charge in [-0.15, -0.1) is 0 Å². The average molecular weight is 269 g/mol. The van der Waals surface area contributed by atoms with Crippen LogP contribution in [0.25, 0.3) is 21.8 Å². The minimum atomic E-state index is 0.550. The molecule has 4 nitrogen and oxygen atoms in total. The maximum atomic E-state index is 5.80. The van der Waals surface area contributed by atoms with Gasteiger partial charge >= 0.3 is 0 Å². The lowest BCUT2D eigenvalue weighted by Gasteiger charge is -2.21. The van der Waals surface area contributed by atoms with E-state index in [2.05, 4.69) is 30.1 Å². The lowest BCUT2D eigenvalue weighted by Crippen LogP contribution is -2.16. The zero-order valence-electron chi connectivity index (χ0n) is 11.4. The normalized spacial score (nSPS) is 13.9. The van der Waals surface area contributed by atoms with Crippen molar-refractivity contribution in [3.8, 4) is 17.2 Å². The van der Waals surface area contributed by atoms with Crippen LogP contribution in [0.2, 0.25) is 0 Å². The van der Waals surface area contributed by atoms with Gasteiger partial charge in [0.15, 0.2) is 11.5 Å². The first kappa shape index (κ1) is 11.5. The number of rotatable bonds is 1. The van der Waals surface area contributed by atoms with Gasteiger partial charge in [0.2, 0.25) is 5.75 Å². The van der Waals surface area contributed by atoms with E-state index < -0.39 is 0 Å². The third-order valence-corrected chi connectivity index (χ3v) is 3.72. The fourth-order valence-electron chi connectivity index (χ4n) is 2.79. The maximum absolute atomic E-state index is 5.80. The zero-order valence-corrected chi connectivity index (χ0v) is 11.4. The lowest BCUT2D eigenvalue weighted by molar-refractivity contribution is 0.167. The van der Waals surface area contributed by atoms with Crippen LogP contribution in [0.3, 0.4) is 0 Å². The van der Waals surface area contributed by atoms with Crippen LogP contribution < -0.4 is 14.2 Å². The number of hydrogen-bond donors (Lipinski definition) is 1. The van der Waals surface area contributed by atoms with Crippen LogP contribution >= 0.6 is 0 Å². The Morgan fingerprint density at radius 1 is 1.05 bits per heavy atom. The molecule has 1 N–H and O–H groups in total. The van der Waals surface area contributed by atoms with Gasteiger partial charge < -0.3 is 19.2 Å². The number of ether oxygens (including phenoxy) is 3. The first-order valence-electron chi connectivity index (χ1n) is 6.66. The molecule has 102 valence electrons. The third kappa shape index (κ3) is 1.48. The minimum absolute atomic E-state index is 0.550. The second-order valence-electron chi connectivity index (χ2n) is 5.03. The van der Waals surface area contributed by atoms with E-state index in [4.69, 9.17) is 14.2 Å². The van der Waals surface area contributed by atoms with Crippen molar-refractivity contribution < 1.29 is 14.2 Å². The van der Waals surface area contributed by atoms with Gasteiger partial charge in [0.1, 0.15) is 13.2 Å². The van der Waals surface area contributed by atoms with E-state index in [0.717, 1.165) is 27.9 Å². The summed E-state index contributed by atoms with van der Waals surface area (Å²) in [5, 5.41) is 2.28. The van der Waals surface area contributed by atoms with Gasteiger partial charge in [-0.2, -0.15) is 0 Å². The molecule has 0 saturated heterocycles. The van der Waals surface area contributed by atoms with E-state index >= 15 is 0 Å². The number of H-pyrrole nitrogens is 1. The molecule has 2 aromatic carbocycles. The highest BCUT2D eigenvalue weighted by Gasteiger charge is 2.23. The number of benzene rings is 2. The van der Waals surface area contributed by atoms with Crippen molar-refractivity contribution in [2.45, 2.75) is 6.92 Å². The monoisotopic (exact) mass is 269 g/mol. The maximum Gasteiger partial charge on any atom is 0.205 e. The van der Waals surface area contributed by atoms with E-state index in [9.17, 15) is 0 Å². The highest BCUT2D eigenvalue weighted by Crippen LogP contribution is 2.46. The summed E-state index contributed by atoms with van der Waals surface area (Å²) in [5.41, 5.74) is 3.29. The molecule has 3 aromatic rings. The standard InChI is InChI=1S/C16H15NO3/c1-9-3-4-12-10(7-9)11-8-13(18-2)15-16(14(11)17-12)20-6-5-19-15/h3-4,7-8,17H,5-6H2,1-2H3. The molecule has 1 aliphatic rings. The summed E-state index contributed by atoms with van der Waals surface area (Å²) in [6.07, 6.45) is 0. The Kier molecular flexibility index (Phi) is 2.33. The second kappa shape index (κ2) is 4.07. The largest absolute Gasteiger partial charge is 0.493 e. The molecule has 0 amide bonds. The third-order valence-electron chi connectivity index (χ3n) is 3.72. The Morgan fingerprint density at radius 3 is 2.65 bits per heavy atom. The van der Waals surface area contributed by atoms with E-state index in [-0.39, 0.29) is 0 Å². The Labute approximate surface area is 116 Å². The molecule has 1 aliphatic heterocycles. The van der Waals surface area contributed by atoms with E-state index in [1.54, 1.807) is 7.11 Å². The summed E-state index contributed by atoms with van der Waals surface area (Å²) in [6.45, 7) is 3.20. The van der Waals surface area contributed by atoms with Gasteiger partial charge in [0.25, 0.3) is 0 Å². The fourth-order valence-corrected chi connectivity index (χ4v) is 2.79. The van der Waals surface area contributed by atoms with Crippen LogP contribution in [0, 0.1) is 6.92 Å². The molecule has 0 aliphatic carbocycles. The summed E-state index contributed by atoms with van der Waals surface area (Å²) in [7, 11) is 1.65. The molecule has 4 heteroatoms. The van der Waals surface area contributed by atoms with Gasteiger partial charge in [-0.1, -0.05) is 11.6 Å². The van der Waals surface area contributed by atoms with Gasteiger partial charge in [-0.05, 0) is 25.1 Å². The lowest BCUT2D eigenvalue weighted by atomic mass is 10.1. The minimum Gasteiger partial charge on any atom is -0.493 e. The average Bonchev–Trinajstić information content (AvgIpc) is 2.84. The van der Waals surface area contributed by atoms with Crippen molar-refractivity contribution in [1.82, 2.24) is 4.98 Å². The SMILES string of the molecule is COc1cc2c([nH]c3ccc(C)cc32)c2c1OCCO2. The van der Waals surface area contributed by atoms with Crippen LogP contribution in [0.1, 0.15) is 5.56 Å². The molecular weight excluding hydrogens is 254 g/mol. The molecule has 0 radical (unpaired) electrons. The summed E-state index contributed by atoms with van der Waals surface area (Å²) < 4.78 is 17.0. The number of hydrogen-bond acceptors (Lipinski definition) is 3. The van der Waals surface area contributed by atoms with E-state index in [1.165, 1.54) is 10.9 Å². The van der Waals surface area contributed by atoms with Crippen molar-refractivity contribution >= 4 is 21.8 Å². The van der Waals surface area contributed by atoms with E-state index in [1.807, 2.05) is 6.07 Å². The summed E-state index contributed by atoms with van der Waals surface area (Å²) in [4.78, 5) is 3.42. The quantitative estimate of drug-likeness (QED) is 0.736. The Bertz CT molecular complexity index is 820. The molecule has 0 unspecified atom stereocenters. The summed E-state index contributed by atoms with van der Waals surface area (Å²) in [5.74, 6) is 2.16. The molecule has 1 aromatic heterocycles. The first-order chi connectivity index (χ1) is 9.78. The summed E-state index contributed by atoms with van der Waals surface area (Å²) in [6, 6.07) is 8.37. The number of fused-ring (bicyclic) bond motifs is 5. The molecular formula is C16H15NO3. The van der Waals surface area contributed by atoms with Crippen LogP contribution in [0.4, 0.5) is 0 Å². The molecule has 0 atom stereocenters. The van der Waals surface area contributed by atoms with Gasteiger partial charge in [-0.25, -0.2) is 0 Å². The number of nitrogens with one attached hydrogen (secondary N) is 1. The van der Waals surface area contributed by atoms with Crippen LogP contribution in [-0.4, -0.2) is 25.3 Å². The van der Waals surface area contributed by atoms with Crippen LogP contribution in [0.15, 0.2) is 24.3 Å². The molecule has 20 heavy (non-hydrogen) atoms. The highest BCUT2D eigenvalue weighted by molar-refractivity contribution is 6.11. The Morgan fingerprint density at radius 2 is 1.85 bits per heavy atom.